The minimum atomic E-state index is -4.48. The number of nitrogens with zero attached hydrogens (tertiary/aromatic N) is 3. The molecule has 0 radical (unpaired) electrons. The van der Waals surface area contributed by atoms with Crippen molar-refractivity contribution in [2.45, 2.75) is 38.5 Å². The second-order valence-electron chi connectivity index (χ2n) is 3.83. The molecule has 0 saturated heterocycles. The molecule has 1 aliphatic rings. The van der Waals surface area contributed by atoms with E-state index in [1.165, 1.54) is 4.68 Å². The molecule has 0 bridgehead atoms. The van der Waals surface area contributed by atoms with E-state index in [0.29, 0.717) is 0 Å². The van der Waals surface area contributed by atoms with Gasteiger partial charge in [0.2, 0.25) is 5.95 Å². The molecular formula is C8H11F3N4. The highest BCUT2D eigenvalue weighted by Gasteiger charge is 2.38. The molecule has 4 nitrogen and oxygen atoms in total. The molecule has 0 fully saturated rings. The number of hydrogen-bond donors (Lipinski definition) is 1. The van der Waals surface area contributed by atoms with E-state index in [9.17, 15) is 13.2 Å². The Morgan fingerprint density at radius 1 is 1.40 bits per heavy atom. The molecule has 15 heavy (non-hydrogen) atoms. The van der Waals surface area contributed by atoms with E-state index < -0.39 is 12.0 Å². The van der Waals surface area contributed by atoms with E-state index in [2.05, 4.69) is 15.4 Å². The van der Waals surface area contributed by atoms with Gasteiger partial charge in [-0.15, -0.1) is 5.10 Å². The number of nitrogens with one attached hydrogen (secondary N) is 1. The molecule has 2 unspecified atom stereocenters. The van der Waals surface area contributed by atoms with Crippen molar-refractivity contribution >= 4 is 5.95 Å². The van der Waals surface area contributed by atoms with Crippen LogP contribution in [0.4, 0.5) is 19.1 Å². The molecule has 2 atom stereocenters. The molecule has 2 rings (SSSR count). The van der Waals surface area contributed by atoms with E-state index in [1.807, 2.05) is 13.8 Å². The monoisotopic (exact) mass is 220 g/mol. The molecule has 7 heteroatoms. The van der Waals surface area contributed by atoms with Gasteiger partial charge in [-0.1, -0.05) is 0 Å². The molecule has 0 saturated carbocycles. The summed E-state index contributed by atoms with van der Waals surface area (Å²) in [6.07, 6.45) is -3.73. The number of fused-ring (bicyclic) bond motifs is 1. The average molecular weight is 220 g/mol. The SMILES string of the molecule is CC1CC(C)n2nc(C(F)(F)F)nc2N1. The van der Waals surface area contributed by atoms with Crippen LogP contribution >= 0.6 is 0 Å². The molecule has 0 aromatic carbocycles. The van der Waals surface area contributed by atoms with Crippen molar-refractivity contribution in [1.82, 2.24) is 14.8 Å². The van der Waals surface area contributed by atoms with E-state index in [-0.39, 0.29) is 18.0 Å². The molecule has 0 amide bonds. The minimum Gasteiger partial charge on any atom is -0.352 e. The van der Waals surface area contributed by atoms with Gasteiger partial charge in [0.25, 0.3) is 5.82 Å². The van der Waals surface area contributed by atoms with Gasteiger partial charge in [-0.3, -0.25) is 0 Å². The first kappa shape index (κ1) is 10.3. The number of alkyl halides is 3. The van der Waals surface area contributed by atoms with Crippen LogP contribution in [0.3, 0.4) is 0 Å². The zero-order chi connectivity index (χ0) is 11.2. The van der Waals surface area contributed by atoms with E-state index in [1.54, 1.807) is 0 Å². The Balaban J connectivity index is 2.39. The lowest BCUT2D eigenvalue weighted by Gasteiger charge is -2.26. The van der Waals surface area contributed by atoms with Gasteiger partial charge in [-0.2, -0.15) is 18.2 Å². The maximum atomic E-state index is 12.3. The predicted octanol–water partition coefficient (Wildman–Crippen LogP) is 2.06. The first-order valence-electron chi connectivity index (χ1n) is 4.68. The number of anilines is 1. The highest BCUT2D eigenvalue weighted by atomic mass is 19.4. The molecule has 0 spiro atoms. The summed E-state index contributed by atoms with van der Waals surface area (Å²) in [6.45, 7) is 3.73. The lowest BCUT2D eigenvalue weighted by molar-refractivity contribution is -0.145. The summed E-state index contributed by atoms with van der Waals surface area (Å²) in [5.74, 6) is -0.875. The van der Waals surface area contributed by atoms with Gasteiger partial charge in [0.15, 0.2) is 0 Å². The fraction of sp³-hybridized carbons (Fsp3) is 0.750. The zero-order valence-electron chi connectivity index (χ0n) is 8.34. The second-order valence-corrected chi connectivity index (χ2v) is 3.83. The van der Waals surface area contributed by atoms with Crippen LogP contribution in [0, 0.1) is 0 Å². The molecule has 0 aliphatic carbocycles. The van der Waals surface area contributed by atoms with Gasteiger partial charge in [0.1, 0.15) is 0 Å². The van der Waals surface area contributed by atoms with E-state index in [4.69, 9.17) is 0 Å². The van der Waals surface area contributed by atoms with Crippen LogP contribution in [0.1, 0.15) is 32.1 Å². The minimum absolute atomic E-state index is 0.0557. The van der Waals surface area contributed by atoms with Gasteiger partial charge in [0, 0.05) is 6.04 Å². The molecule has 84 valence electrons. The van der Waals surface area contributed by atoms with Crippen molar-refractivity contribution in [2.75, 3.05) is 5.32 Å². The van der Waals surface area contributed by atoms with Crippen molar-refractivity contribution in [3.63, 3.8) is 0 Å². The van der Waals surface area contributed by atoms with Gasteiger partial charge >= 0.3 is 6.18 Å². The third kappa shape index (κ3) is 1.78. The molecule has 2 heterocycles. The Morgan fingerprint density at radius 3 is 2.67 bits per heavy atom. The van der Waals surface area contributed by atoms with Crippen LogP contribution < -0.4 is 5.32 Å². The summed E-state index contributed by atoms with van der Waals surface area (Å²) >= 11 is 0. The van der Waals surface area contributed by atoms with Crippen LogP contribution in [0.5, 0.6) is 0 Å². The number of hydrogen-bond acceptors (Lipinski definition) is 3. The van der Waals surface area contributed by atoms with Crippen molar-refractivity contribution in [1.29, 1.82) is 0 Å². The Labute approximate surface area is 84.5 Å². The summed E-state index contributed by atoms with van der Waals surface area (Å²) in [4.78, 5) is 3.44. The third-order valence-electron chi connectivity index (χ3n) is 2.37. The number of halogens is 3. The largest absolute Gasteiger partial charge is 0.453 e. The van der Waals surface area contributed by atoms with Crippen molar-refractivity contribution in [3.05, 3.63) is 5.82 Å². The Kier molecular flexibility index (Phi) is 2.13. The second kappa shape index (κ2) is 3.11. The molecule has 1 N–H and O–H groups in total. The smallest absolute Gasteiger partial charge is 0.352 e. The summed E-state index contributed by atoms with van der Waals surface area (Å²) < 4.78 is 38.3. The van der Waals surface area contributed by atoms with Gasteiger partial charge in [0.05, 0.1) is 6.04 Å². The van der Waals surface area contributed by atoms with E-state index in [0.717, 1.165) is 6.42 Å². The van der Waals surface area contributed by atoms with Crippen LogP contribution in [0.15, 0.2) is 0 Å². The average Bonchev–Trinajstić information content (AvgIpc) is 2.46. The maximum Gasteiger partial charge on any atom is 0.453 e. The van der Waals surface area contributed by atoms with Crippen molar-refractivity contribution in [3.8, 4) is 0 Å². The number of aromatic nitrogens is 3. The Hall–Kier alpha value is -1.27. The van der Waals surface area contributed by atoms with Gasteiger partial charge < -0.3 is 5.32 Å². The fourth-order valence-electron chi connectivity index (χ4n) is 1.74. The molecule has 1 aliphatic heterocycles. The number of rotatable bonds is 0. The van der Waals surface area contributed by atoms with E-state index >= 15 is 0 Å². The normalized spacial score (nSPS) is 25.9. The Bertz CT molecular complexity index is 370. The predicted molar refractivity (Wildman–Crippen MR) is 47.4 cm³/mol. The lowest BCUT2D eigenvalue weighted by Crippen LogP contribution is -2.29. The summed E-state index contributed by atoms with van der Waals surface area (Å²) in [5, 5.41) is 6.33. The quantitative estimate of drug-likeness (QED) is 0.727. The summed E-state index contributed by atoms with van der Waals surface area (Å²) in [5.41, 5.74) is 0. The Morgan fingerprint density at radius 2 is 2.07 bits per heavy atom. The fourth-order valence-corrected chi connectivity index (χ4v) is 1.74. The van der Waals surface area contributed by atoms with Crippen molar-refractivity contribution in [2.24, 2.45) is 0 Å². The van der Waals surface area contributed by atoms with Crippen molar-refractivity contribution < 1.29 is 13.2 Å². The summed E-state index contributed by atoms with van der Waals surface area (Å²) in [7, 11) is 0. The lowest BCUT2D eigenvalue weighted by atomic mass is 10.1. The maximum absolute atomic E-state index is 12.3. The van der Waals surface area contributed by atoms with Crippen LogP contribution in [0.2, 0.25) is 0 Å². The molecule has 1 aromatic rings. The van der Waals surface area contributed by atoms with Gasteiger partial charge in [-0.05, 0) is 20.3 Å². The standard InChI is InChI=1S/C8H11F3N4/c1-4-3-5(2)15-7(12-4)13-6(14-15)8(9,10)11/h4-5H,3H2,1-2H3,(H,12,13,14). The first-order chi connectivity index (χ1) is 6.88. The first-order valence-corrected chi connectivity index (χ1v) is 4.68. The van der Waals surface area contributed by atoms with Gasteiger partial charge in [-0.25, -0.2) is 4.68 Å². The highest BCUT2D eigenvalue weighted by Crippen LogP contribution is 2.31. The highest BCUT2D eigenvalue weighted by molar-refractivity contribution is 5.30. The van der Waals surface area contributed by atoms with Crippen LogP contribution in [-0.2, 0) is 6.18 Å². The van der Waals surface area contributed by atoms with Crippen LogP contribution in [0.25, 0.3) is 0 Å². The van der Waals surface area contributed by atoms with Crippen LogP contribution in [-0.4, -0.2) is 20.8 Å². The molecular weight excluding hydrogens is 209 g/mol. The third-order valence-corrected chi connectivity index (χ3v) is 2.37. The topological polar surface area (TPSA) is 42.7 Å². The zero-order valence-corrected chi connectivity index (χ0v) is 8.34. The molecule has 1 aromatic heterocycles. The summed E-state index contributed by atoms with van der Waals surface area (Å²) in [6, 6.07) is 0.0673.